The molecule has 1 heteroatoms. The van der Waals surface area contributed by atoms with Gasteiger partial charge in [0.05, 0.1) is 6.10 Å². The predicted molar refractivity (Wildman–Crippen MR) is 70.3 cm³/mol. The zero-order valence-electron chi connectivity index (χ0n) is 11.2. The Bertz CT molecular complexity index is 342. The first-order chi connectivity index (χ1) is 7.36. The molecule has 90 valence electrons. The van der Waals surface area contributed by atoms with Gasteiger partial charge in [-0.1, -0.05) is 43.2 Å². The van der Waals surface area contributed by atoms with Crippen LogP contribution in [0.2, 0.25) is 0 Å². The Morgan fingerprint density at radius 1 is 1.44 bits per heavy atom. The molecular weight excluding hydrogens is 196 g/mol. The van der Waals surface area contributed by atoms with Gasteiger partial charge in [0, 0.05) is 0 Å². The van der Waals surface area contributed by atoms with Gasteiger partial charge in [0.15, 0.2) is 0 Å². The Labute approximate surface area is 99.6 Å². The summed E-state index contributed by atoms with van der Waals surface area (Å²) < 4.78 is 0. The van der Waals surface area contributed by atoms with Crippen molar-refractivity contribution >= 4 is 0 Å². The molecule has 0 aromatic rings. The molecule has 1 aliphatic rings. The van der Waals surface area contributed by atoms with Crippen LogP contribution in [0.1, 0.15) is 47.5 Å². The molecule has 16 heavy (non-hydrogen) atoms. The highest BCUT2D eigenvalue weighted by Gasteiger charge is 2.31. The summed E-state index contributed by atoms with van der Waals surface area (Å²) in [7, 11) is 0. The van der Waals surface area contributed by atoms with Gasteiger partial charge in [-0.25, -0.2) is 0 Å². The van der Waals surface area contributed by atoms with E-state index in [2.05, 4.69) is 52.8 Å². The van der Waals surface area contributed by atoms with Gasteiger partial charge < -0.3 is 5.11 Å². The minimum atomic E-state index is -0.171. The maximum absolute atomic E-state index is 9.79. The lowest BCUT2D eigenvalue weighted by atomic mass is 9.71. The fourth-order valence-electron chi connectivity index (χ4n) is 2.49. The highest BCUT2D eigenvalue weighted by molar-refractivity contribution is 5.36. The summed E-state index contributed by atoms with van der Waals surface area (Å²) in [6.45, 7) is 10.7. The Hall–Kier alpha value is -0.820. The molecule has 0 heterocycles. The molecule has 0 saturated heterocycles. The second-order valence-electron chi connectivity index (χ2n) is 5.51. The number of aliphatic hydroxyl groups excluding tert-OH is 1. The summed E-state index contributed by atoms with van der Waals surface area (Å²) in [5.41, 5.74) is 4.08. The molecule has 1 rings (SSSR count). The first-order valence-electron chi connectivity index (χ1n) is 6.06. The summed E-state index contributed by atoms with van der Waals surface area (Å²) in [6, 6.07) is 0. The molecule has 1 N–H and O–H groups in total. The first-order valence-corrected chi connectivity index (χ1v) is 6.06. The number of allylic oxidation sites excluding steroid dienone is 5. The quantitative estimate of drug-likeness (QED) is 0.697. The van der Waals surface area contributed by atoms with E-state index in [4.69, 9.17) is 0 Å². The van der Waals surface area contributed by atoms with Crippen LogP contribution in [-0.2, 0) is 0 Å². The van der Waals surface area contributed by atoms with Gasteiger partial charge in [-0.3, -0.25) is 0 Å². The normalized spacial score (nSPS) is 26.6. The molecule has 0 aliphatic heterocycles. The van der Waals surface area contributed by atoms with Gasteiger partial charge >= 0.3 is 0 Å². The fourth-order valence-corrected chi connectivity index (χ4v) is 2.49. The second kappa shape index (κ2) is 5.01. The van der Waals surface area contributed by atoms with E-state index in [0.29, 0.717) is 0 Å². The fraction of sp³-hybridized carbons (Fsp3) is 0.600. The molecule has 0 radical (unpaired) electrons. The zero-order chi connectivity index (χ0) is 12.3. The van der Waals surface area contributed by atoms with E-state index in [1.54, 1.807) is 0 Å². The maximum atomic E-state index is 9.79. The topological polar surface area (TPSA) is 20.2 Å². The highest BCUT2D eigenvalue weighted by atomic mass is 16.3. The van der Waals surface area contributed by atoms with E-state index in [0.717, 1.165) is 12.8 Å². The van der Waals surface area contributed by atoms with Crippen LogP contribution < -0.4 is 0 Å². The Morgan fingerprint density at radius 2 is 2.06 bits per heavy atom. The Kier molecular flexibility index (Phi) is 4.15. The van der Waals surface area contributed by atoms with Crippen LogP contribution in [-0.4, -0.2) is 11.2 Å². The molecule has 0 aromatic heterocycles. The Balaban J connectivity index is 3.00. The molecule has 1 nitrogen and oxygen atoms in total. The molecule has 0 saturated carbocycles. The molecule has 1 atom stereocenters. The van der Waals surface area contributed by atoms with E-state index < -0.39 is 0 Å². The van der Waals surface area contributed by atoms with E-state index in [1.807, 2.05) is 0 Å². The van der Waals surface area contributed by atoms with E-state index >= 15 is 0 Å². The van der Waals surface area contributed by atoms with Crippen molar-refractivity contribution in [3.05, 3.63) is 34.9 Å². The summed E-state index contributed by atoms with van der Waals surface area (Å²) in [4.78, 5) is 0. The largest absolute Gasteiger partial charge is 0.393 e. The minimum absolute atomic E-state index is 0.0896. The zero-order valence-corrected chi connectivity index (χ0v) is 11.2. The monoisotopic (exact) mass is 220 g/mol. The van der Waals surface area contributed by atoms with Crippen molar-refractivity contribution in [3.8, 4) is 0 Å². The van der Waals surface area contributed by atoms with Gasteiger partial charge in [-0.2, -0.15) is 0 Å². The Morgan fingerprint density at radius 3 is 2.56 bits per heavy atom. The van der Waals surface area contributed by atoms with Crippen molar-refractivity contribution in [2.75, 3.05) is 0 Å². The van der Waals surface area contributed by atoms with Crippen LogP contribution in [0.3, 0.4) is 0 Å². The van der Waals surface area contributed by atoms with Gasteiger partial charge in [-0.15, -0.1) is 0 Å². The van der Waals surface area contributed by atoms with Crippen molar-refractivity contribution in [2.45, 2.75) is 53.6 Å². The third-order valence-corrected chi connectivity index (χ3v) is 3.44. The van der Waals surface area contributed by atoms with Crippen molar-refractivity contribution in [1.82, 2.24) is 0 Å². The van der Waals surface area contributed by atoms with E-state index in [-0.39, 0.29) is 11.5 Å². The van der Waals surface area contributed by atoms with Crippen molar-refractivity contribution in [3.63, 3.8) is 0 Å². The number of aliphatic hydroxyl groups is 1. The predicted octanol–water partition coefficient (Wildman–Crippen LogP) is 4.01. The van der Waals surface area contributed by atoms with Crippen LogP contribution in [0.5, 0.6) is 0 Å². The molecular formula is C15H24O. The SMILES string of the molecule is C/C=C(C)/C=C/C1=C(C)C[C@@H](O)CC1(C)C. The van der Waals surface area contributed by atoms with Gasteiger partial charge in [0.2, 0.25) is 0 Å². The van der Waals surface area contributed by atoms with Crippen LogP contribution in [0.25, 0.3) is 0 Å². The lowest BCUT2D eigenvalue weighted by Crippen LogP contribution is -2.28. The average Bonchev–Trinajstić information content (AvgIpc) is 2.14. The van der Waals surface area contributed by atoms with Crippen molar-refractivity contribution in [1.29, 1.82) is 0 Å². The molecule has 0 spiro atoms. The molecule has 0 unspecified atom stereocenters. The molecule has 1 aliphatic carbocycles. The maximum Gasteiger partial charge on any atom is 0.0585 e. The summed E-state index contributed by atoms with van der Waals surface area (Å²) in [6.07, 6.45) is 8.00. The highest BCUT2D eigenvalue weighted by Crippen LogP contribution is 2.40. The first kappa shape index (κ1) is 13.2. The number of hydrogen-bond acceptors (Lipinski definition) is 1. The minimum Gasteiger partial charge on any atom is -0.393 e. The summed E-state index contributed by atoms with van der Waals surface area (Å²) in [5, 5.41) is 9.79. The molecule has 0 bridgehead atoms. The van der Waals surface area contributed by atoms with Crippen molar-refractivity contribution in [2.24, 2.45) is 5.41 Å². The van der Waals surface area contributed by atoms with Gasteiger partial charge in [0.25, 0.3) is 0 Å². The smallest absolute Gasteiger partial charge is 0.0585 e. The third-order valence-electron chi connectivity index (χ3n) is 3.44. The van der Waals surface area contributed by atoms with Crippen molar-refractivity contribution < 1.29 is 5.11 Å². The summed E-state index contributed by atoms with van der Waals surface area (Å²) >= 11 is 0. The van der Waals surface area contributed by atoms with Crippen LogP contribution in [0, 0.1) is 5.41 Å². The number of hydrogen-bond donors (Lipinski definition) is 1. The molecule has 0 fully saturated rings. The van der Waals surface area contributed by atoms with Crippen LogP contribution >= 0.6 is 0 Å². The van der Waals surface area contributed by atoms with E-state index in [1.165, 1.54) is 16.7 Å². The van der Waals surface area contributed by atoms with Crippen LogP contribution in [0.15, 0.2) is 34.9 Å². The van der Waals surface area contributed by atoms with Gasteiger partial charge in [0.1, 0.15) is 0 Å². The lowest BCUT2D eigenvalue weighted by Gasteiger charge is -2.35. The molecule has 0 amide bonds. The average molecular weight is 220 g/mol. The van der Waals surface area contributed by atoms with E-state index in [9.17, 15) is 5.11 Å². The summed E-state index contributed by atoms with van der Waals surface area (Å²) in [5.74, 6) is 0. The second-order valence-corrected chi connectivity index (χ2v) is 5.51. The lowest BCUT2D eigenvalue weighted by molar-refractivity contribution is 0.116. The van der Waals surface area contributed by atoms with Gasteiger partial charge in [-0.05, 0) is 44.6 Å². The molecule has 0 aromatic carbocycles. The van der Waals surface area contributed by atoms with Crippen LogP contribution in [0.4, 0.5) is 0 Å². The standard InChI is InChI=1S/C15H24O/c1-6-11(2)7-8-14-12(3)9-13(16)10-15(14,4)5/h6-8,13,16H,9-10H2,1-5H3/b8-7+,11-6+/t13-/m1/s1. The third kappa shape index (κ3) is 3.08. The number of rotatable bonds is 2.